The van der Waals surface area contributed by atoms with Crippen LogP contribution in [0.1, 0.15) is 11.5 Å². The summed E-state index contributed by atoms with van der Waals surface area (Å²) in [5, 5.41) is 8.76. The van der Waals surface area contributed by atoms with Gasteiger partial charge in [-0.3, -0.25) is 4.98 Å². The van der Waals surface area contributed by atoms with E-state index < -0.39 is 0 Å². The lowest BCUT2D eigenvalue weighted by molar-refractivity contribution is 0.518. The molecule has 2 aromatic heterocycles. The predicted octanol–water partition coefficient (Wildman–Crippen LogP) is 3.38. The van der Waals surface area contributed by atoms with E-state index in [0.29, 0.717) is 23.2 Å². The van der Waals surface area contributed by atoms with E-state index in [2.05, 4.69) is 15.2 Å². The highest BCUT2D eigenvalue weighted by Crippen LogP contribution is 2.18. The standard InChI is InChI=1S/C14H10ClN3O/c15-12-5-3-10(4-6-12)8-13-17-18-14(19-13)11-2-1-7-16-9-11/h1-7,9H,8H2. The first-order chi connectivity index (χ1) is 9.31. The molecule has 19 heavy (non-hydrogen) atoms. The molecule has 0 amide bonds. The summed E-state index contributed by atoms with van der Waals surface area (Å²) in [5.74, 6) is 1.05. The van der Waals surface area contributed by atoms with Gasteiger partial charge in [0.15, 0.2) is 0 Å². The van der Waals surface area contributed by atoms with Crippen molar-refractivity contribution in [1.29, 1.82) is 0 Å². The van der Waals surface area contributed by atoms with Gasteiger partial charge in [0, 0.05) is 17.4 Å². The smallest absolute Gasteiger partial charge is 0.249 e. The van der Waals surface area contributed by atoms with Crippen LogP contribution in [0.2, 0.25) is 5.02 Å². The first-order valence-electron chi connectivity index (χ1n) is 5.78. The zero-order chi connectivity index (χ0) is 13.1. The highest BCUT2D eigenvalue weighted by Gasteiger charge is 2.08. The summed E-state index contributed by atoms with van der Waals surface area (Å²) in [6.45, 7) is 0. The summed E-state index contributed by atoms with van der Waals surface area (Å²) in [4.78, 5) is 4.02. The summed E-state index contributed by atoms with van der Waals surface area (Å²) in [7, 11) is 0. The molecule has 3 rings (SSSR count). The molecule has 0 bridgehead atoms. The van der Waals surface area contributed by atoms with Crippen LogP contribution in [0.15, 0.2) is 53.2 Å². The largest absolute Gasteiger partial charge is 0.420 e. The van der Waals surface area contributed by atoms with Gasteiger partial charge in [-0.25, -0.2) is 0 Å². The minimum absolute atomic E-state index is 0.483. The molecule has 1 aromatic carbocycles. The van der Waals surface area contributed by atoms with Gasteiger partial charge >= 0.3 is 0 Å². The third kappa shape index (κ3) is 2.80. The van der Waals surface area contributed by atoms with E-state index in [1.807, 2.05) is 36.4 Å². The van der Waals surface area contributed by atoms with Crippen LogP contribution in [0.5, 0.6) is 0 Å². The Morgan fingerprint density at radius 1 is 1.05 bits per heavy atom. The van der Waals surface area contributed by atoms with Gasteiger partial charge < -0.3 is 4.42 Å². The number of nitrogens with zero attached hydrogens (tertiary/aromatic N) is 3. The molecule has 0 N–H and O–H groups in total. The summed E-state index contributed by atoms with van der Waals surface area (Å²) in [6.07, 6.45) is 3.98. The Bertz CT molecular complexity index is 665. The second-order valence-corrected chi connectivity index (χ2v) is 4.48. The van der Waals surface area contributed by atoms with Crippen LogP contribution in [0.4, 0.5) is 0 Å². The summed E-state index contributed by atoms with van der Waals surface area (Å²) < 4.78 is 5.61. The van der Waals surface area contributed by atoms with Crippen LogP contribution >= 0.6 is 11.6 Å². The van der Waals surface area contributed by atoms with E-state index in [9.17, 15) is 0 Å². The lowest BCUT2D eigenvalue weighted by Crippen LogP contribution is -1.87. The number of pyridine rings is 1. The minimum atomic E-state index is 0.483. The first kappa shape index (κ1) is 11.9. The van der Waals surface area contributed by atoms with Crippen LogP contribution in [0.25, 0.3) is 11.5 Å². The highest BCUT2D eigenvalue weighted by atomic mass is 35.5. The van der Waals surface area contributed by atoms with Crippen molar-refractivity contribution >= 4 is 11.6 Å². The molecule has 0 aliphatic heterocycles. The topological polar surface area (TPSA) is 51.8 Å². The fourth-order valence-corrected chi connectivity index (χ4v) is 1.83. The Hall–Kier alpha value is -2.20. The van der Waals surface area contributed by atoms with Crippen molar-refractivity contribution < 1.29 is 4.42 Å². The van der Waals surface area contributed by atoms with E-state index in [-0.39, 0.29) is 0 Å². The van der Waals surface area contributed by atoms with Gasteiger partial charge in [-0.2, -0.15) is 0 Å². The highest BCUT2D eigenvalue weighted by molar-refractivity contribution is 6.30. The molecule has 0 saturated carbocycles. The maximum Gasteiger partial charge on any atom is 0.249 e. The van der Waals surface area contributed by atoms with Crippen LogP contribution in [0, 0.1) is 0 Å². The Labute approximate surface area is 115 Å². The Morgan fingerprint density at radius 3 is 2.63 bits per heavy atom. The third-order valence-electron chi connectivity index (χ3n) is 2.64. The minimum Gasteiger partial charge on any atom is -0.420 e. The van der Waals surface area contributed by atoms with Gasteiger partial charge in [-0.1, -0.05) is 23.7 Å². The normalized spacial score (nSPS) is 10.6. The Morgan fingerprint density at radius 2 is 1.89 bits per heavy atom. The number of benzene rings is 1. The van der Waals surface area contributed by atoms with E-state index in [0.717, 1.165) is 11.1 Å². The lowest BCUT2D eigenvalue weighted by atomic mass is 10.1. The molecule has 3 aromatic rings. The Balaban J connectivity index is 1.80. The zero-order valence-corrected chi connectivity index (χ0v) is 10.7. The maximum absolute atomic E-state index is 5.84. The number of hydrogen-bond acceptors (Lipinski definition) is 4. The van der Waals surface area contributed by atoms with Crippen molar-refractivity contribution in [3.05, 3.63) is 65.3 Å². The fraction of sp³-hybridized carbons (Fsp3) is 0.0714. The fourth-order valence-electron chi connectivity index (χ4n) is 1.71. The second kappa shape index (κ2) is 5.20. The summed E-state index contributed by atoms with van der Waals surface area (Å²) in [5.41, 5.74) is 1.89. The summed E-state index contributed by atoms with van der Waals surface area (Å²) >= 11 is 5.84. The molecule has 0 atom stereocenters. The van der Waals surface area contributed by atoms with Crippen LogP contribution < -0.4 is 0 Å². The van der Waals surface area contributed by atoms with Gasteiger partial charge in [0.1, 0.15) is 0 Å². The van der Waals surface area contributed by atoms with Crippen molar-refractivity contribution in [3.63, 3.8) is 0 Å². The van der Waals surface area contributed by atoms with E-state index in [1.54, 1.807) is 12.4 Å². The SMILES string of the molecule is Clc1ccc(Cc2nnc(-c3cccnc3)o2)cc1. The van der Waals surface area contributed by atoms with E-state index in [4.69, 9.17) is 16.0 Å². The number of hydrogen-bond donors (Lipinski definition) is 0. The maximum atomic E-state index is 5.84. The third-order valence-corrected chi connectivity index (χ3v) is 2.90. The van der Waals surface area contributed by atoms with Crippen LogP contribution in [0.3, 0.4) is 0 Å². The summed E-state index contributed by atoms with van der Waals surface area (Å²) in [6, 6.07) is 11.3. The van der Waals surface area contributed by atoms with Crippen molar-refractivity contribution in [2.45, 2.75) is 6.42 Å². The molecule has 2 heterocycles. The van der Waals surface area contributed by atoms with Gasteiger partial charge in [0.25, 0.3) is 0 Å². The van der Waals surface area contributed by atoms with Gasteiger partial charge in [0.2, 0.25) is 11.8 Å². The van der Waals surface area contributed by atoms with Gasteiger partial charge in [0.05, 0.1) is 12.0 Å². The van der Waals surface area contributed by atoms with Crippen LogP contribution in [-0.4, -0.2) is 15.2 Å². The molecule has 0 saturated heterocycles. The lowest BCUT2D eigenvalue weighted by Gasteiger charge is -1.96. The average Bonchev–Trinajstić information content (AvgIpc) is 2.91. The molecule has 0 aliphatic carbocycles. The van der Waals surface area contributed by atoms with Crippen molar-refractivity contribution in [2.24, 2.45) is 0 Å². The second-order valence-electron chi connectivity index (χ2n) is 4.05. The molecule has 0 unspecified atom stereocenters. The molecule has 0 radical (unpaired) electrons. The molecular formula is C14H10ClN3O. The predicted molar refractivity (Wildman–Crippen MR) is 71.8 cm³/mol. The van der Waals surface area contributed by atoms with Crippen molar-refractivity contribution in [2.75, 3.05) is 0 Å². The molecular weight excluding hydrogens is 262 g/mol. The molecule has 4 nitrogen and oxygen atoms in total. The average molecular weight is 272 g/mol. The number of aromatic nitrogens is 3. The van der Waals surface area contributed by atoms with Crippen molar-refractivity contribution in [3.8, 4) is 11.5 Å². The molecule has 0 aliphatic rings. The zero-order valence-electron chi connectivity index (χ0n) is 9.95. The van der Waals surface area contributed by atoms with Gasteiger partial charge in [-0.15, -0.1) is 10.2 Å². The van der Waals surface area contributed by atoms with E-state index in [1.165, 1.54) is 0 Å². The number of halogens is 1. The molecule has 5 heteroatoms. The number of rotatable bonds is 3. The Kier molecular flexibility index (Phi) is 3.25. The first-order valence-corrected chi connectivity index (χ1v) is 6.16. The van der Waals surface area contributed by atoms with Gasteiger partial charge in [-0.05, 0) is 29.8 Å². The van der Waals surface area contributed by atoms with Crippen molar-refractivity contribution in [1.82, 2.24) is 15.2 Å². The van der Waals surface area contributed by atoms with E-state index >= 15 is 0 Å². The molecule has 94 valence electrons. The molecule has 0 spiro atoms. The quantitative estimate of drug-likeness (QED) is 0.733. The monoisotopic (exact) mass is 271 g/mol. The molecule has 0 fully saturated rings. The van der Waals surface area contributed by atoms with Crippen LogP contribution in [-0.2, 0) is 6.42 Å².